The molecule has 6 nitrogen and oxygen atoms in total. The van der Waals surface area contributed by atoms with E-state index in [1.54, 1.807) is 6.92 Å². The molecule has 0 aliphatic carbocycles. The van der Waals surface area contributed by atoms with Crippen molar-refractivity contribution in [3.05, 3.63) is 10.4 Å². The minimum Gasteiger partial charge on any atom is -0.390 e. The van der Waals surface area contributed by atoms with Crippen molar-refractivity contribution < 1.29 is 13.6 Å². The van der Waals surface area contributed by atoms with E-state index in [1.807, 2.05) is 0 Å². The van der Waals surface area contributed by atoms with E-state index in [4.69, 9.17) is 14.4 Å². The standard InChI is InChI=1S/C4H9N3O3Si/c1-4-2-9-11(8,10-4)3-6-7-5/h4,8H,2-3H2,1H3. The van der Waals surface area contributed by atoms with E-state index in [1.165, 1.54) is 0 Å². The summed E-state index contributed by atoms with van der Waals surface area (Å²) >= 11 is 0. The van der Waals surface area contributed by atoms with Gasteiger partial charge in [0, 0.05) is 4.91 Å². The molecule has 1 aliphatic rings. The Kier molecular flexibility index (Phi) is 2.48. The van der Waals surface area contributed by atoms with Crippen LogP contribution in [0.5, 0.6) is 0 Å². The normalized spacial score (nSPS) is 36.7. The van der Waals surface area contributed by atoms with Gasteiger partial charge in [-0.3, -0.25) is 0 Å². The maximum absolute atomic E-state index is 9.42. The maximum Gasteiger partial charge on any atom is 0.504 e. The van der Waals surface area contributed by atoms with Gasteiger partial charge in [-0.05, 0) is 12.5 Å². The highest BCUT2D eigenvalue weighted by Gasteiger charge is 2.43. The van der Waals surface area contributed by atoms with Crippen LogP contribution in [0, 0.1) is 0 Å². The summed E-state index contributed by atoms with van der Waals surface area (Å²) < 4.78 is 10.0. The third-order valence-corrected chi connectivity index (χ3v) is 3.19. The zero-order valence-corrected chi connectivity index (χ0v) is 7.10. The molecule has 1 heterocycles. The minimum absolute atomic E-state index is 0.0756. The van der Waals surface area contributed by atoms with Crippen LogP contribution >= 0.6 is 0 Å². The lowest BCUT2D eigenvalue weighted by Gasteiger charge is -2.12. The van der Waals surface area contributed by atoms with Crippen LogP contribution in [-0.2, 0) is 8.85 Å². The van der Waals surface area contributed by atoms with Crippen LogP contribution in [0.15, 0.2) is 5.11 Å². The molecular weight excluding hydrogens is 166 g/mol. The van der Waals surface area contributed by atoms with Crippen LogP contribution in [0.1, 0.15) is 6.92 Å². The van der Waals surface area contributed by atoms with Crippen molar-refractivity contribution in [3.8, 4) is 0 Å². The SMILES string of the molecule is CC1CO[Si](O)(CN=[N+]=[N-])O1. The Morgan fingerprint density at radius 3 is 3.09 bits per heavy atom. The molecule has 1 saturated heterocycles. The van der Waals surface area contributed by atoms with Crippen molar-refractivity contribution >= 4 is 8.80 Å². The molecular formula is C4H9N3O3Si. The van der Waals surface area contributed by atoms with Crippen LogP contribution in [0.4, 0.5) is 0 Å². The first-order valence-electron chi connectivity index (χ1n) is 3.21. The summed E-state index contributed by atoms with van der Waals surface area (Å²) in [7, 11) is -3.09. The minimum atomic E-state index is -3.09. The third kappa shape index (κ3) is 2.17. The number of nitrogens with zero attached hydrogens (tertiary/aromatic N) is 3. The molecule has 0 amide bonds. The van der Waals surface area contributed by atoms with Gasteiger partial charge >= 0.3 is 8.80 Å². The van der Waals surface area contributed by atoms with Crippen LogP contribution in [0.2, 0.25) is 0 Å². The Bertz CT molecular complexity index is 195. The van der Waals surface area contributed by atoms with Gasteiger partial charge in [0.15, 0.2) is 0 Å². The van der Waals surface area contributed by atoms with Gasteiger partial charge in [-0.25, -0.2) is 0 Å². The Morgan fingerprint density at radius 1 is 1.91 bits per heavy atom. The van der Waals surface area contributed by atoms with Gasteiger partial charge in [0.05, 0.1) is 18.9 Å². The van der Waals surface area contributed by atoms with E-state index in [2.05, 4.69) is 10.0 Å². The highest BCUT2D eigenvalue weighted by atomic mass is 28.4. The van der Waals surface area contributed by atoms with E-state index in [0.29, 0.717) is 6.61 Å². The zero-order valence-electron chi connectivity index (χ0n) is 6.10. The highest BCUT2D eigenvalue weighted by Crippen LogP contribution is 2.15. The lowest BCUT2D eigenvalue weighted by molar-refractivity contribution is 0.193. The first-order chi connectivity index (χ1) is 5.16. The van der Waals surface area contributed by atoms with E-state index in [9.17, 15) is 4.80 Å². The molecule has 0 bridgehead atoms. The maximum atomic E-state index is 9.42. The zero-order chi connectivity index (χ0) is 8.32. The Balaban J connectivity index is 2.47. The molecule has 7 heteroatoms. The smallest absolute Gasteiger partial charge is 0.390 e. The summed E-state index contributed by atoms with van der Waals surface area (Å²) in [5.41, 5.74) is 7.97. The predicted molar refractivity (Wildman–Crippen MR) is 38.5 cm³/mol. The summed E-state index contributed by atoms with van der Waals surface area (Å²) in [5.74, 6) is 0. The molecule has 1 N–H and O–H groups in total. The second-order valence-corrected chi connectivity index (χ2v) is 4.61. The van der Waals surface area contributed by atoms with Crippen molar-refractivity contribution in [3.63, 3.8) is 0 Å². The molecule has 0 aromatic carbocycles. The van der Waals surface area contributed by atoms with Crippen molar-refractivity contribution in [1.29, 1.82) is 0 Å². The van der Waals surface area contributed by atoms with E-state index < -0.39 is 8.80 Å². The van der Waals surface area contributed by atoms with Crippen LogP contribution in [0.25, 0.3) is 10.4 Å². The Hall–Kier alpha value is -0.593. The summed E-state index contributed by atoms with van der Waals surface area (Å²) in [6, 6.07) is 0. The quantitative estimate of drug-likeness (QED) is 0.281. The summed E-state index contributed by atoms with van der Waals surface area (Å²) in [5, 5.41) is 3.20. The second kappa shape index (κ2) is 3.20. The molecule has 62 valence electrons. The van der Waals surface area contributed by atoms with Gasteiger partial charge in [-0.1, -0.05) is 5.11 Å². The van der Waals surface area contributed by atoms with E-state index in [-0.39, 0.29) is 12.3 Å². The Labute approximate surface area is 64.7 Å². The molecule has 0 aromatic heterocycles. The molecule has 1 aliphatic heterocycles. The number of azide groups is 1. The van der Waals surface area contributed by atoms with Gasteiger partial charge in [0.2, 0.25) is 0 Å². The molecule has 1 rings (SSSR count). The monoisotopic (exact) mass is 175 g/mol. The van der Waals surface area contributed by atoms with Gasteiger partial charge in [0.1, 0.15) is 0 Å². The number of rotatable bonds is 2. The van der Waals surface area contributed by atoms with Gasteiger partial charge in [-0.15, -0.1) is 0 Å². The Morgan fingerprint density at radius 2 is 2.64 bits per heavy atom. The van der Waals surface area contributed by atoms with Crippen LogP contribution in [0.3, 0.4) is 0 Å². The van der Waals surface area contributed by atoms with Crippen molar-refractivity contribution in [2.45, 2.75) is 13.0 Å². The number of hydrogen-bond donors (Lipinski definition) is 1. The van der Waals surface area contributed by atoms with Gasteiger partial charge in [0.25, 0.3) is 0 Å². The molecule has 2 atom stereocenters. The van der Waals surface area contributed by atoms with Crippen LogP contribution in [-0.4, -0.2) is 32.5 Å². The molecule has 2 unspecified atom stereocenters. The van der Waals surface area contributed by atoms with Crippen LogP contribution < -0.4 is 0 Å². The van der Waals surface area contributed by atoms with E-state index in [0.717, 1.165) is 0 Å². The fourth-order valence-electron chi connectivity index (χ4n) is 0.834. The molecule has 0 saturated carbocycles. The summed E-state index contributed by atoms with van der Waals surface area (Å²) in [4.78, 5) is 11.9. The van der Waals surface area contributed by atoms with Crippen molar-refractivity contribution in [2.24, 2.45) is 5.11 Å². The third-order valence-electron chi connectivity index (χ3n) is 1.26. The first-order valence-corrected chi connectivity index (χ1v) is 5.18. The largest absolute Gasteiger partial charge is 0.504 e. The van der Waals surface area contributed by atoms with E-state index >= 15 is 0 Å². The first kappa shape index (κ1) is 8.50. The van der Waals surface area contributed by atoms with Gasteiger partial charge in [-0.2, -0.15) is 0 Å². The molecule has 0 radical (unpaired) electrons. The average Bonchev–Trinajstić information content (AvgIpc) is 2.28. The van der Waals surface area contributed by atoms with Crippen molar-refractivity contribution in [2.75, 3.05) is 12.8 Å². The summed E-state index contributed by atoms with van der Waals surface area (Å²) in [6.07, 6.45) is -0.172. The second-order valence-electron chi connectivity index (χ2n) is 2.34. The van der Waals surface area contributed by atoms with Gasteiger partial charge < -0.3 is 13.6 Å². The van der Waals surface area contributed by atoms with Crippen molar-refractivity contribution in [1.82, 2.24) is 0 Å². The predicted octanol–water partition coefficient (Wildman–Crippen LogP) is 0.202. The topological polar surface area (TPSA) is 87.5 Å². The summed E-state index contributed by atoms with van der Waals surface area (Å²) in [6.45, 7) is 2.17. The molecule has 0 spiro atoms. The lowest BCUT2D eigenvalue weighted by atomic mass is 10.5. The fourth-order valence-corrected chi connectivity index (χ4v) is 2.50. The molecule has 0 aromatic rings. The lowest BCUT2D eigenvalue weighted by Crippen LogP contribution is -2.41. The molecule has 11 heavy (non-hydrogen) atoms. The highest BCUT2D eigenvalue weighted by molar-refractivity contribution is 6.60. The number of hydrogen-bond acceptors (Lipinski definition) is 4. The fraction of sp³-hybridized carbons (Fsp3) is 1.00. The average molecular weight is 175 g/mol. The molecule has 1 fully saturated rings.